The smallest absolute Gasteiger partial charge is 0.410 e. The number of carbonyl (C=O) groups is 2. The highest BCUT2D eigenvalue weighted by molar-refractivity contribution is 6.29. The first kappa shape index (κ1) is 25.1. The van der Waals surface area contributed by atoms with Crippen molar-refractivity contribution in [2.24, 2.45) is 0 Å². The minimum Gasteiger partial charge on any atom is -0.556 e. The molecule has 1 N–H and O–H groups in total. The zero-order chi connectivity index (χ0) is 22.6. The van der Waals surface area contributed by atoms with Gasteiger partial charge in [-0.2, -0.15) is 0 Å². The van der Waals surface area contributed by atoms with Crippen molar-refractivity contribution in [3.63, 3.8) is 0 Å². The number of nitrogens with one attached hydrogen (secondary N) is 1. The molecule has 0 aliphatic carbocycles. The van der Waals surface area contributed by atoms with Gasteiger partial charge in [0.15, 0.2) is 0 Å². The third-order valence-corrected chi connectivity index (χ3v) is 3.85. The van der Waals surface area contributed by atoms with E-state index in [-0.39, 0.29) is 0 Å². The lowest BCUT2D eigenvalue weighted by atomic mass is 9.93. The number of rotatable bonds is 11. The Morgan fingerprint density at radius 3 is 2.37 bits per heavy atom. The molecule has 0 aliphatic heterocycles. The summed E-state index contributed by atoms with van der Waals surface area (Å²) in [6.45, 7) is 6.27. The van der Waals surface area contributed by atoms with Crippen molar-refractivity contribution >= 4 is 31.5 Å². The molecule has 0 atom stereocenters. The first-order valence-electron chi connectivity index (χ1n) is 9.56. The van der Waals surface area contributed by atoms with Gasteiger partial charge in [0.25, 0.3) is 0 Å². The van der Waals surface area contributed by atoms with Gasteiger partial charge in [0.05, 0.1) is 20.5 Å². The molecule has 0 saturated heterocycles. The second-order valence-corrected chi connectivity index (χ2v) is 7.42. The van der Waals surface area contributed by atoms with Crippen molar-refractivity contribution in [3.8, 4) is 0 Å². The van der Waals surface area contributed by atoms with Gasteiger partial charge >= 0.3 is 19.5 Å². The summed E-state index contributed by atoms with van der Waals surface area (Å²) in [7, 11) is 4.29. The predicted molar refractivity (Wildman–Crippen MR) is 115 cm³/mol. The molecule has 8 nitrogen and oxygen atoms in total. The van der Waals surface area contributed by atoms with Crippen LogP contribution >= 0.6 is 0 Å². The van der Waals surface area contributed by atoms with Gasteiger partial charge in [-0.1, -0.05) is 24.3 Å². The zero-order valence-corrected chi connectivity index (χ0v) is 18.3. The summed E-state index contributed by atoms with van der Waals surface area (Å²) in [6, 6.07) is 7.22. The molecule has 0 unspecified atom stereocenters. The monoisotopic (exact) mass is 417 g/mol. The summed E-state index contributed by atoms with van der Waals surface area (Å²) in [5.74, 6) is -0.497. The van der Waals surface area contributed by atoms with Gasteiger partial charge in [-0.15, -0.1) is 0 Å². The number of hydrogen-bond acceptors (Lipinski definition) is 7. The van der Waals surface area contributed by atoms with E-state index in [9.17, 15) is 9.59 Å². The van der Waals surface area contributed by atoms with Gasteiger partial charge in [0.2, 0.25) is 0 Å². The van der Waals surface area contributed by atoms with Crippen LogP contribution in [0.3, 0.4) is 0 Å². The van der Waals surface area contributed by atoms with Crippen molar-refractivity contribution in [1.82, 2.24) is 4.90 Å². The second kappa shape index (κ2) is 12.6. The van der Waals surface area contributed by atoms with Crippen LogP contribution in [0.4, 0.5) is 4.79 Å². The molecule has 1 aromatic rings. The van der Waals surface area contributed by atoms with E-state index in [1.807, 2.05) is 32.9 Å². The van der Waals surface area contributed by atoms with Crippen LogP contribution in [0, 0.1) is 5.41 Å². The molecule has 0 heterocycles. The molecule has 9 heteroatoms. The van der Waals surface area contributed by atoms with Crippen molar-refractivity contribution in [1.29, 1.82) is 5.41 Å². The van der Waals surface area contributed by atoms with E-state index in [2.05, 4.69) is 0 Å². The molecule has 1 radical (unpaired) electrons. The molecule has 0 spiro atoms. The normalized spacial score (nSPS) is 11.3. The summed E-state index contributed by atoms with van der Waals surface area (Å²) in [4.78, 5) is 26.1. The van der Waals surface area contributed by atoms with E-state index < -0.39 is 17.7 Å². The van der Waals surface area contributed by atoms with Crippen molar-refractivity contribution in [3.05, 3.63) is 41.7 Å². The Kier molecular flexibility index (Phi) is 10.5. The van der Waals surface area contributed by atoms with Crippen LogP contribution in [0.25, 0.3) is 5.57 Å². The van der Waals surface area contributed by atoms with Crippen molar-refractivity contribution in [2.75, 3.05) is 20.8 Å². The second-order valence-electron chi connectivity index (χ2n) is 7.42. The molecule has 0 saturated carbocycles. The van der Waals surface area contributed by atoms with Gasteiger partial charge in [0.1, 0.15) is 17.6 Å². The van der Waals surface area contributed by atoms with E-state index in [0.717, 1.165) is 12.0 Å². The number of hydrogen-bond donors (Lipinski definition) is 1. The van der Waals surface area contributed by atoms with Crippen LogP contribution in [0.2, 0.25) is 6.32 Å². The van der Waals surface area contributed by atoms with E-state index >= 15 is 0 Å². The maximum absolute atomic E-state index is 12.6. The standard InChI is InChI=1S/C21H30BN2O6/c1-21(2,3)30-20(26)24(12-6-11-22-29-15-23)13-16-7-9-17(10-8-16)18(14-27-4)19(25)28-5/h7-10,14-15,23H,6,11-13H2,1-5H3/b18-14+,23-15?. The number of esters is 1. The highest BCUT2D eigenvalue weighted by atomic mass is 16.6. The maximum atomic E-state index is 12.6. The third-order valence-electron chi connectivity index (χ3n) is 3.85. The molecule has 1 amide bonds. The first-order chi connectivity index (χ1) is 14.2. The lowest BCUT2D eigenvalue weighted by Gasteiger charge is -2.27. The van der Waals surface area contributed by atoms with Gasteiger partial charge in [-0.05, 0) is 44.6 Å². The molecular weight excluding hydrogens is 387 g/mol. The Bertz CT molecular complexity index is 728. The lowest BCUT2D eigenvalue weighted by Crippen LogP contribution is -2.37. The predicted octanol–water partition coefficient (Wildman–Crippen LogP) is 3.64. The summed E-state index contributed by atoms with van der Waals surface area (Å²) in [5.41, 5.74) is 1.23. The molecule has 1 rings (SSSR count). The van der Waals surface area contributed by atoms with Crippen LogP contribution in [-0.2, 0) is 30.2 Å². The molecule has 0 fully saturated rings. The molecule has 0 bridgehead atoms. The first-order valence-corrected chi connectivity index (χ1v) is 9.56. The van der Waals surface area contributed by atoms with Crippen LogP contribution in [0.5, 0.6) is 0 Å². The van der Waals surface area contributed by atoms with Gasteiger partial charge in [-0.25, -0.2) is 9.59 Å². The topological polar surface area (TPSA) is 98.1 Å². The highest BCUT2D eigenvalue weighted by Crippen LogP contribution is 2.19. The Morgan fingerprint density at radius 2 is 1.83 bits per heavy atom. The summed E-state index contributed by atoms with van der Waals surface area (Å²) in [6.07, 6.45) is 3.04. The summed E-state index contributed by atoms with van der Waals surface area (Å²) < 4.78 is 20.0. The Balaban J connectivity index is 2.90. The number of ether oxygens (including phenoxy) is 3. The zero-order valence-electron chi connectivity index (χ0n) is 18.3. The van der Waals surface area contributed by atoms with Crippen LogP contribution < -0.4 is 0 Å². The van der Waals surface area contributed by atoms with Gasteiger partial charge < -0.3 is 23.8 Å². The quantitative estimate of drug-likeness (QED) is 0.112. The average molecular weight is 417 g/mol. The molecular formula is C21H30BN2O6. The van der Waals surface area contributed by atoms with Crippen LogP contribution in [0.1, 0.15) is 38.3 Å². The minimum atomic E-state index is -0.602. The molecule has 0 aliphatic rings. The average Bonchev–Trinajstić information content (AvgIpc) is 2.69. The number of amides is 1. The van der Waals surface area contributed by atoms with Crippen LogP contribution in [-0.4, -0.2) is 57.2 Å². The van der Waals surface area contributed by atoms with E-state index in [1.165, 1.54) is 28.0 Å². The third kappa shape index (κ3) is 9.02. The number of nitrogens with zero attached hydrogens (tertiary/aromatic N) is 1. The van der Waals surface area contributed by atoms with Gasteiger partial charge in [-0.3, -0.25) is 5.41 Å². The van der Waals surface area contributed by atoms with E-state index in [4.69, 9.17) is 24.3 Å². The number of methoxy groups -OCH3 is 2. The fourth-order valence-corrected chi connectivity index (χ4v) is 2.51. The van der Waals surface area contributed by atoms with E-state index in [1.54, 1.807) is 17.0 Å². The van der Waals surface area contributed by atoms with Crippen LogP contribution in [0.15, 0.2) is 30.5 Å². The number of carbonyl (C=O) groups excluding carboxylic acids is 2. The maximum Gasteiger partial charge on any atom is 0.410 e. The molecule has 30 heavy (non-hydrogen) atoms. The highest BCUT2D eigenvalue weighted by Gasteiger charge is 2.22. The van der Waals surface area contributed by atoms with Gasteiger partial charge in [0, 0.05) is 13.1 Å². The largest absolute Gasteiger partial charge is 0.556 e. The fourth-order valence-electron chi connectivity index (χ4n) is 2.51. The van der Waals surface area contributed by atoms with Crippen molar-refractivity contribution in [2.45, 2.75) is 45.7 Å². The summed E-state index contributed by atoms with van der Waals surface area (Å²) >= 11 is 0. The number of benzene rings is 1. The Labute approximate surface area is 178 Å². The fraction of sp³-hybridized carbons (Fsp3) is 0.476. The Hall–Kier alpha value is -2.97. The summed E-state index contributed by atoms with van der Waals surface area (Å²) in [5, 5.41) is 6.85. The van der Waals surface area contributed by atoms with E-state index in [0.29, 0.717) is 37.0 Å². The lowest BCUT2D eigenvalue weighted by molar-refractivity contribution is -0.133. The molecule has 0 aromatic heterocycles. The molecule has 163 valence electrons. The SMILES string of the molecule is CO/C=C(/C(=O)OC)c1ccc(CN(CCC[B]OC=N)C(=O)OC(C)(C)C)cc1. The Morgan fingerprint density at radius 1 is 1.17 bits per heavy atom. The van der Waals surface area contributed by atoms with Crippen molar-refractivity contribution < 1.29 is 28.5 Å². The minimum absolute atomic E-state index is 0.303. The molecule has 1 aromatic carbocycles.